The van der Waals surface area contributed by atoms with Gasteiger partial charge in [-0.3, -0.25) is 14.3 Å². The summed E-state index contributed by atoms with van der Waals surface area (Å²) in [5.74, 6) is -3.00. The first kappa shape index (κ1) is 25.1. The number of benzene rings is 2. The zero-order chi connectivity index (χ0) is 27.3. The van der Waals surface area contributed by atoms with Crippen molar-refractivity contribution in [3.05, 3.63) is 83.9 Å². The van der Waals surface area contributed by atoms with Crippen molar-refractivity contribution in [2.75, 3.05) is 13.1 Å². The Balaban J connectivity index is 1.20. The summed E-state index contributed by atoms with van der Waals surface area (Å²) in [6.07, 6.45) is 4.22. The van der Waals surface area contributed by atoms with Crippen LogP contribution in [0, 0.1) is 0 Å². The van der Waals surface area contributed by atoms with Crippen molar-refractivity contribution in [2.45, 2.75) is 38.2 Å². The van der Waals surface area contributed by atoms with E-state index in [-0.39, 0.29) is 17.4 Å². The van der Waals surface area contributed by atoms with E-state index >= 15 is 0 Å². The standard InChI is InChI=1S/C29H25F4N5O/c1-29(32,33)20-6-4-5-18(13-20)21-16-34-23-14-19(15-35-25(21)23)27(39)37-11-9-17(10-12-37)26-36-22-7-2-3-8-24(22)38(26)28(30)31/h2-8,13-17,28,34H,9-12H2,1H3. The second kappa shape index (κ2) is 9.52. The molecule has 1 fully saturated rings. The predicted octanol–water partition coefficient (Wildman–Crippen LogP) is 7.11. The zero-order valence-corrected chi connectivity index (χ0v) is 21.0. The SMILES string of the molecule is CC(F)(F)c1cccc(-c2c[nH]c3cc(C(=O)N4CCC(c5nc6ccccc6n5C(F)F)CC4)cnc23)c1. The van der Waals surface area contributed by atoms with Gasteiger partial charge in [-0.1, -0.05) is 30.3 Å². The molecule has 1 N–H and O–H groups in total. The number of nitrogens with zero attached hydrogens (tertiary/aromatic N) is 4. The summed E-state index contributed by atoms with van der Waals surface area (Å²) < 4.78 is 56.4. The summed E-state index contributed by atoms with van der Waals surface area (Å²) >= 11 is 0. The molecule has 3 aromatic heterocycles. The van der Waals surface area contributed by atoms with Gasteiger partial charge in [0.05, 0.1) is 27.6 Å². The average molecular weight is 536 g/mol. The first-order valence-corrected chi connectivity index (χ1v) is 12.7. The van der Waals surface area contributed by atoms with E-state index in [4.69, 9.17) is 0 Å². The number of nitrogens with one attached hydrogen (secondary N) is 1. The maximum absolute atomic E-state index is 13.9. The van der Waals surface area contributed by atoms with E-state index in [9.17, 15) is 22.4 Å². The van der Waals surface area contributed by atoms with Gasteiger partial charge in [-0.15, -0.1) is 0 Å². The van der Waals surface area contributed by atoms with Crippen molar-refractivity contribution < 1.29 is 22.4 Å². The lowest BCUT2D eigenvalue weighted by Gasteiger charge is -2.32. The lowest BCUT2D eigenvalue weighted by molar-refractivity contribution is 0.0175. The second-order valence-corrected chi connectivity index (χ2v) is 9.96. The molecule has 2 aromatic carbocycles. The Morgan fingerprint density at radius 1 is 1.08 bits per heavy atom. The van der Waals surface area contributed by atoms with Gasteiger partial charge < -0.3 is 9.88 Å². The van der Waals surface area contributed by atoms with Gasteiger partial charge in [-0.05, 0) is 42.7 Å². The summed E-state index contributed by atoms with van der Waals surface area (Å²) in [5, 5.41) is 0. The predicted molar refractivity (Wildman–Crippen MR) is 140 cm³/mol. The van der Waals surface area contributed by atoms with Crippen LogP contribution in [0.15, 0.2) is 67.0 Å². The van der Waals surface area contributed by atoms with Crippen LogP contribution >= 0.6 is 0 Å². The molecule has 4 heterocycles. The molecule has 6 rings (SSSR count). The summed E-state index contributed by atoms with van der Waals surface area (Å²) in [5.41, 5.74) is 3.70. The Bertz CT molecular complexity index is 1680. The molecule has 1 aliphatic heterocycles. The molecule has 6 nitrogen and oxygen atoms in total. The minimum absolute atomic E-state index is 0.0892. The van der Waals surface area contributed by atoms with Crippen LogP contribution in [-0.2, 0) is 5.92 Å². The van der Waals surface area contributed by atoms with Gasteiger partial charge in [0.15, 0.2) is 0 Å². The van der Waals surface area contributed by atoms with Crippen molar-refractivity contribution in [1.82, 2.24) is 24.4 Å². The molecule has 5 aromatic rings. The smallest absolute Gasteiger partial charge is 0.320 e. The Kier molecular flexibility index (Phi) is 6.12. The number of carbonyl (C=O) groups excluding carboxylic acids is 1. The number of rotatable bonds is 5. The highest BCUT2D eigenvalue weighted by molar-refractivity contribution is 5.99. The van der Waals surface area contributed by atoms with Gasteiger partial charge in [0.2, 0.25) is 0 Å². The molecule has 1 amide bonds. The highest BCUT2D eigenvalue weighted by Crippen LogP contribution is 2.35. The fraction of sp³-hybridized carbons (Fsp3) is 0.276. The van der Waals surface area contributed by atoms with Crippen molar-refractivity contribution in [2.24, 2.45) is 0 Å². The number of aromatic nitrogens is 4. The third-order valence-electron chi connectivity index (χ3n) is 7.41. The number of aromatic amines is 1. The number of piperidine rings is 1. The van der Waals surface area contributed by atoms with Crippen molar-refractivity contribution in [3.8, 4) is 11.1 Å². The number of fused-ring (bicyclic) bond motifs is 2. The largest absolute Gasteiger partial charge is 0.359 e. The van der Waals surface area contributed by atoms with E-state index in [0.29, 0.717) is 70.5 Å². The monoisotopic (exact) mass is 535 g/mol. The van der Waals surface area contributed by atoms with Crippen molar-refractivity contribution in [3.63, 3.8) is 0 Å². The topological polar surface area (TPSA) is 66.8 Å². The van der Waals surface area contributed by atoms with E-state index in [1.165, 1.54) is 18.3 Å². The minimum atomic E-state index is -2.96. The number of alkyl halides is 4. The normalized spacial score (nSPS) is 15.1. The highest BCUT2D eigenvalue weighted by Gasteiger charge is 2.30. The third kappa shape index (κ3) is 4.53. The highest BCUT2D eigenvalue weighted by atomic mass is 19.3. The van der Waals surface area contributed by atoms with Crippen molar-refractivity contribution in [1.29, 1.82) is 0 Å². The number of imidazole rings is 1. The molecule has 39 heavy (non-hydrogen) atoms. The number of hydrogen-bond acceptors (Lipinski definition) is 3. The number of pyridine rings is 1. The first-order chi connectivity index (χ1) is 18.7. The number of carbonyl (C=O) groups is 1. The molecule has 0 saturated carbocycles. The van der Waals surface area contributed by atoms with Gasteiger partial charge >= 0.3 is 6.55 Å². The number of para-hydroxylation sites is 2. The van der Waals surface area contributed by atoms with Crippen LogP contribution in [0.2, 0.25) is 0 Å². The van der Waals surface area contributed by atoms with E-state index < -0.39 is 12.5 Å². The molecule has 0 unspecified atom stereocenters. The molecule has 0 radical (unpaired) electrons. The second-order valence-electron chi connectivity index (χ2n) is 9.96. The number of H-pyrrole nitrogens is 1. The molecule has 0 aliphatic carbocycles. The zero-order valence-electron chi connectivity index (χ0n) is 21.0. The lowest BCUT2D eigenvalue weighted by Crippen LogP contribution is -2.38. The van der Waals surface area contributed by atoms with Crippen LogP contribution in [-0.4, -0.2) is 43.4 Å². The van der Waals surface area contributed by atoms with E-state index in [1.54, 1.807) is 53.6 Å². The molecule has 1 aliphatic rings. The number of hydrogen-bond donors (Lipinski definition) is 1. The fourth-order valence-corrected chi connectivity index (χ4v) is 5.38. The van der Waals surface area contributed by atoms with Crippen LogP contribution in [0.1, 0.15) is 54.0 Å². The molecular weight excluding hydrogens is 510 g/mol. The lowest BCUT2D eigenvalue weighted by atomic mass is 9.95. The number of halogens is 4. The van der Waals surface area contributed by atoms with Crippen LogP contribution in [0.5, 0.6) is 0 Å². The van der Waals surface area contributed by atoms with Crippen LogP contribution in [0.3, 0.4) is 0 Å². The Labute approximate surface area is 221 Å². The quantitative estimate of drug-likeness (QED) is 0.244. The molecule has 200 valence electrons. The van der Waals surface area contributed by atoms with Crippen LogP contribution in [0.4, 0.5) is 17.6 Å². The summed E-state index contributed by atoms with van der Waals surface area (Å²) in [6.45, 7) is -1.03. The molecule has 10 heteroatoms. The molecule has 1 saturated heterocycles. The van der Waals surface area contributed by atoms with E-state index in [2.05, 4.69) is 15.0 Å². The number of likely N-dealkylation sites (tertiary alicyclic amines) is 1. The average Bonchev–Trinajstić information content (AvgIpc) is 3.54. The Hall–Kier alpha value is -4.21. The summed E-state index contributed by atoms with van der Waals surface area (Å²) in [6, 6.07) is 14.7. The Morgan fingerprint density at radius 2 is 1.85 bits per heavy atom. The van der Waals surface area contributed by atoms with Crippen LogP contribution in [0.25, 0.3) is 33.2 Å². The maximum atomic E-state index is 13.9. The van der Waals surface area contributed by atoms with E-state index in [0.717, 1.165) is 11.5 Å². The summed E-state index contributed by atoms with van der Waals surface area (Å²) in [7, 11) is 0. The third-order valence-corrected chi connectivity index (χ3v) is 7.41. The molecule has 0 spiro atoms. The van der Waals surface area contributed by atoms with E-state index in [1.807, 2.05) is 0 Å². The minimum Gasteiger partial charge on any atom is -0.359 e. The van der Waals surface area contributed by atoms with Crippen molar-refractivity contribution >= 4 is 28.0 Å². The number of amides is 1. The van der Waals surface area contributed by atoms with Crippen LogP contribution < -0.4 is 0 Å². The molecule has 0 bridgehead atoms. The van der Waals surface area contributed by atoms with Gasteiger partial charge in [0, 0.05) is 49.5 Å². The maximum Gasteiger partial charge on any atom is 0.320 e. The fourth-order valence-electron chi connectivity index (χ4n) is 5.38. The van der Waals surface area contributed by atoms with Gasteiger partial charge in [0.25, 0.3) is 11.8 Å². The molecular formula is C29H25F4N5O. The Morgan fingerprint density at radius 3 is 2.59 bits per heavy atom. The van der Waals surface area contributed by atoms with Gasteiger partial charge in [-0.25, -0.2) is 13.8 Å². The first-order valence-electron chi connectivity index (χ1n) is 12.7. The van der Waals surface area contributed by atoms with Gasteiger partial charge in [-0.2, -0.15) is 8.78 Å². The van der Waals surface area contributed by atoms with Gasteiger partial charge in [0.1, 0.15) is 5.82 Å². The molecule has 0 atom stereocenters. The summed E-state index contributed by atoms with van der Waals surface area (Å²) in [4.78, 5) is 27.1.